The summed E-state index contributed by atoms with van der Waals surface area (Å²) < 4.78 is 23.7. The van der Waals surface area contributed by atoms with Gasteiger partial charge in [0.2, 0.25) is 11.7 Å². The third-order valence-electron chi connectivity index (χ3n) is 4.79. The van der Waals surface area contributed by atoms with Gasteiger partial charge in [-0.15, -0.1) is 10.2 Å². The van der Waals surface area contributed by atoms with Gasteiger partial charge in [0.15, 0.2) is 9.84 Å². The summed E-state index contributed by atoms with van der Waals surface area (Å²) in [4.78, 5) is 15.8. The van der Waals surface area contributed by atoms with Crippen molar-refractivity contribution in [1.82, 2.24) is 25.1 Å². The van der Waals surface area contributed by atoms with E-state index in [1.807, 2.05) is 13.8 Å². The Bertz CT molecular complexity index is 913. The molecule has 1 aliphatic heterocycles. The van der Waals surface area contributed by atoms with Gasteiger partial charge in [-0.25, -0.2) is 8.42 Å². The fraction of sp³-hybridized carbons (Fsp3) is 0.529. The second kappa shape index (κ2) is 7.93. The first kappa shape index (κ1) is 19.8. The standard InChI is InChI=1S/C17H22ClN5O3S/c1-3-12(2)23(15-8-9-27(25,26)11-15)16(24)10-22-20-17(19-21-22)13-4-6-14(18)7-5-13/h4-7,12,15H,3,8-11H2,1-2H3/t12-,15+/m0/s1. The van der Waals surface area contributed by atoms with E-state index in [2.05, 4.69) is 15.4 Å². The average Bonchev–Trinajstić information content (AvgIpc) is 3.22. The van der Waals surface area contributed by atoms with Crippen LogP contribution in [0.3, 0.4) is 0 Å². The minimum absolute atomic E-state index is 0.0177. The van der Waals surface area contributed by atoms with E-state index >= 15 is 0 Å². The monoisotopic (exact) mass is 411 g/mol. The lowest BCUT2D eigenvalue weighted by atomic mass is 10.1. The van der Waals surface area contributed by atoms with Crippen LogP contribution >= 0.6 is 11.6 Å². The van der Waals surface area contributed by atoms with Crippen molar-refractivity contribution >= 4 is 27.3 Å². The number of hydrogen-bond acceptors (Lipinski definition) is 6. The largest absolute Gasteiger partial charge is 0.334 e. The van der Waals surface area contributed by atoms with Crippen LogP contribution in [0.4, 0.5) is 0 Å². The van der Waals surface area contributed by atoms with Crippen LogP contribution in [-0.4, -0.2) is 63.0 Å². The van der Waals surface area contributed by atoms with E-state index in [0.717, 1.165) is 12.0 Å². The van der Waals surface area contributed by atoms with Crippen molar-refractivity contribution in [2.45, 2.75) is 45.3 Å². The molecule has 1 aliphatic rings. The first-order valence-corrected chi connectivity index (χ1v) is 11.0. The Morgan fingerprint density at radius 2 is 2.07 bits per heavy atom. The van der Waals surface area contributed by atoms with Crippen LogP contribution in [0.15, 0.2) is 24.3 Å². The third kappa shape index (κ3) is 4.65. The Balaban J connectivity index is 1.75. The number of carbonyl (C=O) groups excluding carboxylic acids is 1. The number of hydrogen-bond donors (Lipinski definition) is 0. The molecule has 0 bridgehead atoms. The molecule has 0 spiro atoms. The van der Waals surface area contributed by atoms with Crippen LogP contribution in [0.5, 0.6) is 0 Å². The highest BCUT2D eigenvalue weighted by Gasteiger charge is 2.36. The highest BCUT2D eigenvalue weighted by molar-refractivity contribution is 7.91. The van der Waals surface area contributed by atoms with Crippen molar-refractivity contribution in [3.63, 3.8) is 0 Å². The molecule has 2 heterocycles. The molecular weight excluding hydrogens is 390 g/mol. The van der Waals surface area contributed by atoms with E-state index in [9.17, 15) is 13.2 Å². The summed E-state index contributed by atoms with van der Waals surface area (Å²) in [6.07, 6.45) is 1.21. The molecule has 0 N–H and O–H groups in total. The lowest BCUT2D eigenvalue weighted by Gasteiger charge is -2.33. The minimum atomic E-state index is -3.08. The molecule has 2 atom stereocenters. The van der Waals surface area contributed by atoms with Crippen LogP contribution in [0.1, 0.15) is 26.7 Å². The summed E-state index contributed by atoms with van der Waals surface area (Å²) in [5, 5.41) is 12.8. The fourth-order valence-electron chi connectivity index (χ4n) is 3.23. The molecule has 1 saturated heterocycles. The van der Waals surface area contributed by atoms with Gasteiger partial charge in [-0.05, 0) is 49.2 Å². The first-order chi connectivity index (χ1) is 12.8. The number of benzene rings is 1. The SMILES string of the molecule is CC[C@H](C)N(C(=O)Cn1nnc(-c2ccc(Cl)cc2)n1)[C@@H]1CCS(=O)(=O)C1. The molecule has 0 radical (unpaired) electrons. The molecule has 1 aromatic carbocycles. The summed E-state index contributed by atoms with van der Waals surface area (Å²) in [5.74, 6) is 0.342. The number of halogens is 1. The van der Waals surface area contributed by atoms with Gasteiger partial charge in [0.25, 0.3) is 0 Å². The van der Waals surface area contributed by atoms with E-state index in [0.29, 0.717) is 17.3 Å². The third-order valence-corrected chi connectivity index (χ3v) is 6.79. The lowest BCUT2D eigenvalue weighted by Crippen LogP contribution is -2.48. The van der Waals surface area contributed by atoms with Crippen LogP contribution < -0.4 is 0 Å². The summed E-state index contributed by atoms with van der Waals surface area (Å²) in [7, 11) is -3.08. The van der Waals surface area contributed by atoms with E-state index in [1.165, 1.54) is 4.80 Å². The zero-order valence-corrected chi connectivity index (χ0v) is 16.8. The number of tetrazole rings is 1. The van der Waals surface area contributed by atoms with Gasteiger partial charge in [-0.2, -0.15) is 4.80 Å². The number of carbonyl (C=O) groups is 1. The molecule has 27 heavy (non-hydrogen) atoms. The van der Waals surface area contributed by atoms with Crippen LogP contribution in [-0.2, 0) is 21.2 Å². The zero-order valence-electron chi connectivity index (χ0n) is 15.2. The van der Waals surface area contributed by atoms with Crippen molar-refractivity contribution in [3.8, 4) is 11.4 Å². The fourth-order valence-corrected chi connectivity index (χ4v) is 5.07. The zero-order chi connectivity index (χ0) is 19.6. The molecule has 1 aromatic heterocycles. The first-order valence-electron chi connectivity index (χ1n) is 8.84. The number of amides is 1. The molecule has 8 nitrogen and oxygen atoms in total. The number of nitrogens with zero attached hydrogens (tertiary/aromatic N) is 5. The summed E-state index contributed by atoms with van der Waals surface area (Å²) >= 11 is 5.88. The predicted molar refractivity (Wildman–Crippen MR) is 102 cm³/mol. The van der Waals surface area contributed by atoms with Crippen molar-refractivity contribution in [1.29, 1.82) is 0 Å². The molecule has 0 aliphatic carbocycles. The minimum Gasteiger partial charge on any atom is -0.334 e. The van der Waals surface area contributed by atoms with Crippen molar-refractivity contribution in [2.75, 3.05) is 11.5 Å². The van der Waals surface area contributed by atoms with Gasteiger partial charge in [0, 0.05) is 22.7 Å². The summed E-state index contributed by atoms with van der Waals surface area (Å²) in [6, 6.07) is 6.66. The summed E-state index contributed by atoms with van der Waals surface area (Å²) in [5.41, 5.74) is 0.749. The maximum atomic E-state index is 12.9. The smallest absolute Gasteiger partial charge is 0.246 e. The normalized spacial score (nSPS) is 19.7. The maximum absolute atomic E-state index is 12.9. The molecule has 0 saturated carbocycles. The van der Waals surface area contributed by atoms with Crippen LogP contribution in [0.2, 0.25) is 5.02 Å². The molecule has 146 valence electrons. The van der Waals surface area contributed by atoms with Crippen molar-refractivity contribution < 1.29 is 13.2 Å². The Morgan fingerprint density at radius 1 is 1.37 bits per heavy atom. The van der Waals surface area contributed by atoms with Gasteiger partial charge in [-0.1, -0.05) is 18.5 Å². The molecule has 0 unspecified atom stereocenters. The lowest BCUT2D eigenvalue weighted by molar-refractivity contribution is -0.136. The topological polar surface area (TPSA) is 98.1 Å². The Hall–Kier alpha value is -2.00. The average molecular weight is 412 g/mol. The predicted octanol–water partition coefficient (Wildman–Crippen LogP) is 1.81. The van der Waals surface area contributed by atoms with E-state index < -0.39 is 9.84 Å². The highest BCUT2D eigenvalue weighted by Crippen LogP contribution is 2.22. The van der Waals surface area contributed by atoms with E-state index in [4.69, 9.17) is 11.6 Å². The van der Waals surface area contributed by atoms with Crippen LogP contribution in [0.25, 0.3) is 11.4 Å². The van der Waals surface area contributed by atoms with Gasteiger partial charge in [0.05, 0.1) is 11.5 Å². The van der Waals surface area contributed by atoms with E-state index in [-0.39, 0.29) is 36.0 Å². The second-order valence-corrected chi connectivity index (χ2v) is 9.43. The molecule has 10 heteroatoms. The molecular formula is C17H22ClN5O3S. The molecule has 2 aromatic rings. The van der Waals surface area contributed by atoms with Crippen LogP contribution in [0, 0.1) is 0 Å². The van der Waals surface area contributed by atoms with Crippen molar-refractivity contribution in [3.05, 3.63) is 29.3 Å². The molecule has 1 fully saturated rings. The Morgan fingerprint density at radius 3 is 2.67 bits per heavy atom. The molecule has 1 amide bonds. The number of rotatable bonds is 6. The molecule has 3 rings (SSSR count). The van der Waals surface area contributed by atoms with E-state index in [1.54, 1.807) is 29.2 Å². The maximum Gasteiger partial charge on any atom is 0.246 e. The van der Waals surface area contributed by atoms with Gasteiger partial charge in [0.1, 0.15) is 6.54 Å². The van der Waals surface area contributed by atoms with Gasteiger partial charge < -0.3 is 4.90 Å². The summed E-state index contributed by atoms with van der Waals surface area (Å²) in [6.45, 7) is 3.82. The quantitative estimate of drug-likeness (QED) is 0.718. The van der Waals surface area contributed by atoms with Gasteiger partial charge in [-0.3, -0.25) is 4.79 Å². The van der Waals surface area contributed by atoms with Gasteiger partial charge >= 0.3 is 0 Å². The second-order valence-electron chi connectivity index (χ2n) is 6.77. The number of aromatic nitrogens is 4. The van der Waals surface area contributed by atoms with Crippen molar-refractivity contribution in [2.24, 2.45) is 0 Å². The Labute approximate surface area is 163 Å². The number of sulfone groups is 1. The Kier molecular flexibility index (Phi) is 5.81. The highest BCUT2D eigenvalue weighted by atomic mass is 35.5.